The number of alkyl halides is 3. The molecule has 0 bridgehead atoms. The lowest BCUT2D eigenvalue weighted by Crippen LogP contribution is -2.44. The molecule has 0 aromatic heterocycles. The highest BCUT2D eigenvalue weighted by atomic mass is 19.4. The van der Waals surface area contributed by atoms with Crippen LogP contribution in [-0.4, -0.2) is 44.5 Å². The molecule has 0 aliphatic carbocycles. The van der Waals surface area contributed by atoms with E-state index in [1.54, 1.807) is 13.0 Å². The summed E-state index contributed by atoms with van der Waals surface area (Å²) in [6.45, 7) is 9.04. The normalized spacial score (nSPS) is 16.2. The van der Waals surface area contributed by atoms with Crippen LogP contribution >= 0.6 is 0 Å². The van der Waals surface area contributed by atoms with Crippen molar-refractivity contribution in [2.75, 3.05) is 38.1 Å². The Balaban J connectivity index is 0.00000106. The molecule has 6 heteroatoms. The van der Waals surface area contributed by atoms with Crippen LogP contribution < -0.4 is 9.64 Å². The van der Waals surface area contributed by atoms with Gasteiger partial charge in [-0.2, -0.15) is 0 Å². The number of likely N-dealkylation sites (N-methyl/N-ethyl adjacent to an activating group) is 1. The molecule has 1 aliphatic heterocycles. The predicted octanol–water partition coefficient (Wildman–Crippen LogP) is 3.67. The molecule has 0 amide bonds. The van der Waals surface area contributed by atoms with Crippen LogP contribution in [0.5, 0.6) is 5.75 Å². The molecule has 21 heavy (non-hydrogen) atoms. The number of hydrogen-bond donors (Lipinski definition) is 0. The molecule has 1 saturated heterocycles. The lowest BCUT2D eigenvalue weighted by molar-refractivity contribution is -0.274. The maximum Gasteiger partial charge on any atom is 0.573 e. The number of aryl methyl sites for hydroxylation is 1. The van der Waals surface area contributed by atoms with Crippen LogP contribution in [0.4, 0.5) is 18.9 Å². The lowest BCUT2D eigenvalue weighted by Gasteiger charge is -2.34. The Labute approximate surface area is 124 Å². The molecule has 1 aliphatic rings. The molecule has 0 atom stereocenters. The fraction of sp³-hybridized carbons (Fsp3) is 0.600. The van der Waals surface area contributed by atoms with E-state index in [0.29, 0.717) is 5.56 Å². The van der Waals surface area contributed by atoms with E-state index < -0.39 is 6.36 Å². The summed E-state index contributed by atoms with van der Waals surface area (Å²) in [6.07, 6.45) is -4.65. The van der Waals surface area contributed by atoms with E-state index in [1.807, 2.05) is 27.0 Å². The van der Waals surface area contributed by atoms with Crippen molar-refractivity contribution >= 4 is 5.69 Å². The van der Waals surface area contributed by atoms with Gasteiger partial charge in [-0.25, -0.2) is 0 Å². The molecule has 0 N–H and O–H groups in total. The van der Waals surface area contributed by atoms with Gasteiger partial charge in [0.2, 0.25) is 0 Å². The topological polar surface area (TPSA) is 15.7 Å². The average Bonchev–Trinajstić information content (AvgIpc) is 2.43. The monoisotopic (exact) mass is 304 g/mol. The smallest absolute Gasteiger partial charge is 0.405 e. The first kappa shape index (κ1) is 17.6. The summed E-state index contributed by atoms with van der Waals surface area (Å²) < 4.78 is 41.0. The predicted molar refractivity (Wildman–Crippen MR) is 78.9 cm³/mol. The number of ether oxygens (including phenoxy) is 1. The maximum absolute atomic E-state index is 12.3. The van der Waals surface area contributed by atoms with Gasteiger partial charge in [0.15, 0.2) is 0 Å². The molecule has 1 aromatic carbocycles. The largest absolute Gasteiger partial charge is 0.573 e. The minimum absolute atomic E-state index is 0.121. The van der Waals surface area contributed by atoms with Gasteiger partial charge in [0, 0.05) is 37.9 Å². The van der Waals surface area contributed by atoms with Gasteiger partial charge in [-0.1, -0.05) is 19.9 Å². The third kappa shape index (κ3) is 5.46. The van der Waals surface area contributed by atoms with Gasteiger partial charge in [-0.05, 0) is 25.6 Å². The van der Waals surface area contributed by atoms with E-state index in [0.717, 1.165) is 31.9 Å². The van der Waals surface area contributed by atoms with Crippen LogP contribution in [0.2, 0.25) is 0 Å². The molecule has 3 nitrogen and oxygen atoms in total. The third-order valence-electron chi connectivity index (χ3n) is 3.27. The summed E-state index contributed by atoms with van der Waals surface area (Å²) >= 11 is 0. The van der Waals surface area contributed by atoms with Crippen molar-refractivity contribution in [2.45, 2.75) is 27.1 Å². The minimum Gasteiger partial charge on any atom is -0.405 e. The highest BCUT2D eigenvalue weighted by molar-refractivity contribution is 5.54. The van der Waals surface area contributed by atoms with Crippen LogP contribution in [0.3, 0.4) is 0 Å². The third-order valence-corrected chi connectivity index (χ3v) is 3.27. The van der Waals surface area contributed by atoms with E-state index in [4.69, 9.17) is 0 Å². The van der Waals surface area contributed by atoms with E-state index >= 15 is 0 Å². The van der Waals surface area contributed by atoms with E-state index in [-0.39, 0.29) is 5.75 Å². The molecule has 1 fully saturated rings. The standard InChI is InChI=1S/C13H17F3N2O.C2H6/c1-10-3-4-11(9-12(10)19-13(14,15)16)18-7-5-17(2)6-8-18;1-2/h3-4,9H,5-8H2,1-2H3;1-2H3. The van der Waals surface area contributed by atoms with Crippen LogP contribution in [-0.2, 0) is 0 Å². The summed E-state index contributed by atoms with van der Waals surface area (Å²) in [5.74, 6) is -0.121. The number of benzene rings is 1. The molecule has 0 saturated carbocycles. The van der Waals surface area contributed by atoms with Crippen molar-refractivity contribution in [2.24, 2.45) is 0 Å². The van der Waals surface area contributed by atoms with Crippen molar-refractivity contribution in [1.29, 1.82) is 0 Å². The number of hydrogen-bond acceptors (Lipinski definition) is 3. The molecular weight excluding hydrogens is 281 g/mol. The second-order valence-corrected chi connectivity index (χ2v) is 4.79. The average molecular weight is 304 g/mol. The van der Waals surface area contributed by atoms with Gasteiger partial charge in [0.25, 0.3) is 0 Å². The van der Waals surface area contributed by atoms with Crippen LogP contribution in [0.25, 0.3) is 0 Å². The number of rotatable bonds is 2. The van der Waals surface area contributed by atoms with E-state index in [2.05, 4.69) is 14.5 Å². The Hall–Kier alpha value is -1.43. The Morgan fingerprint density at radius 2 is 1.62 bits per heavy atom. The number of nitrogens with zero attached hydrogens (tertiary/aromatic N) is 2. The quantitative estimate of drug-likeness (QED) is 0.829. The summed E-state index contributed by atoms with van der Waals surface area (Å²) in [5, 5.41) is 0. The van der Waals surface area contributed by atoms with Gasteiger partial charge < -0.3 is 14.5 Å². The molecule has 0 spiro atoms. The molecular formula is C15H23F3N2O. The zero-order chi connectivity index (χ0) is 16.0. The highest BCUT2D eigenvalue weighted by Gasteiger charge is 2.32. The summed E-state index contributed by atoms with van der Waals surface area (Å²) in [4.78, 5) is 4.26. The van der Waals surface area contributed by atoms with Crippen molar-refractivity contribution in [3.63, 3.8) is 0 Å². The Bertz CT molecular complexity index is 441. The minimum atomic E-state index is -4.65. The van der Waals surface area contributed by atoms with Gasteiger partial charge in [-0.3, -0.25) is 0 Å². The number of piperazine rings is 1. The Morgan fingerprint density at radius 1 is 1.05 bits per heavy atom. The molecule has 1 heterocycles. The number of halogens is 3. The van der Waals surface area contributed by atoms with E-state index in [9.17, 15) is 13.2 Å². The molecule has 1 aromatic rings. The first-order chi connectivity index (χ1) is 9.85. The van der Waals surface area contributed by atoms with Crippen molar-refractivity contribution in [1.82, 2.24) is 4.90 Å². The zero-order valence-electron chi connectivity index (χ0n) is 13.0. The van der Waals surface area contributed by atoms with Gasteiger partial charge in [0.1, 0.15) is 5.75 Å². The highest BCUT2D eigenvalue weighted by Crippen LogP contribution is 2.30. The molecule has 0 radical (unpaired) electrons. The van der Waals surface area contributed by atoms with Crippen molar-refractivity contribution in [3.8, 4) is 5.75 Å². The first-order valence-corrected chi connectivity index (χ1v) is 7.15. The first-order valence-electron chi connectivity index (χ1n) is 7.15. The van der Waals surface area contributed by atoms with Crippen LogP contribution in [0.15, 0.2) is 18.2 Å². The Kier molecular flexibility index (Phi) is 6.33. The summed E-state index contributed by atoms with van der Waals surface area (Å²) in [7, 11) is 2.03. The second kappa shape index (κ2) is 7.54. The molecule has 0 unspecified atom stereocenters. The van der Waals surface area contributed by atoms with Gasteiger partial charge in [0.05, 0.1) is 0 Å². The van der Waals surface area contributed by atoms with Gasteiger partial charge >= 0.3 is 6.36 Å². The second-order valence-electron chi connectivity index (χ2n) is 4.79. The lowest BCUT2D eigenvalue weighted by atomic mass is 10.1. The molecule has 2 rings (SSSR count). The Morgan fingerprint density at radius 3 is 2.14 bits per heavy atom. The SMILES string of the molecule is CC.Cc1ccc(N2CCN(C)CC2)cc1OC(F)(F)F. The fourth-order valence-electron chi connectivity index (χ4n) is 2.08. The van der Waals surface area contributed by atoms with Crippen molar-refractivity contribution < 1.29 is 17.9 Å². The molecule has 120 valence electrons. The maximum atomic E-state index is 12.3. The van der Waals surface area contributed by atoms with E-state index in [1.165, 1.54) is 6.07 Å². The zero-order valence-corrected chi connectivity index (χ0v) is 13.0. The summed E-state index contributed by atoms with van der Waals surface area (Å²) in [6, 6.07) is 4.97. The summed E-state index contributed by atoms with van der Waals surface area (Å²) in [5.41, 5.74) is 1.26. The fourth-order valence-corrected chi connectivity index (χ4v) is 2.08. The van der Waals surface area contributed by atoms with Crippen molar-refractivity contribution in [3.05, 3.63) is 23.8 Å². The number of anilines is 1. The van der Waals surface area contributed by atoms with Gasteiger partial charge in [-0.15, -0.1) is 13.2 Å². The van der Waals surface area contributed by atoms with Crippen LogP contribution in [0.1, 0.15) is 19.4 Å². The van der Waals surface area contributed by atoms with Crippen LogP contribution in [0, 0.1) is 6.92 Å².